The Kier molecular flexibility index (Phi) is 5.25. The second-order valence-corrected chi connectivity index (χ2v) is 5.33. The Balaban J connectivity index is 1.83. The summed E-state index contributed by atoms with van der Waals surface area (Å²) in [6.07, 6.45) is 3.44. The number of benzene rings is 1. The minimum absolute atomic E-state index is 0.00202. The summed E-state index contributed by atoms with van der Waals surface area (Å²) < 4.78 is 0. The molecule has 1 heterocycles. The van der Waals surface area contributed by atoms with Crippen molar-refractivity contribution in [2.45, 2.75) is 12.8 Å². The van der Waals surface area contributed by atoms with Crippen molar-refractivity contribution in [1.82, 2.24) is 10.6 Å². The fourth-order valence-electron chi connectivity index (χ4n) is 1.94. The maximum absolute atomic E-state index is 11.8. The van der Waals surface area contributed by atoms with Crippen molar-refractivity contribution in [3.63, 3.8) is 0 Å². The van der Waals surface area contributed by atoms with Gasteiger partial charge in [0, 0.05) is 13.1 Å². The summed E-state index contributed by atoms with van der Waals surface area (Å²) >= 11 is 11.8. The SMILES string of the molecule is O=C(Cc1ccc(Cl)c(Cl)c1)NCC1=CCNCC1. The predicted octanol–water partition coefficient (Wildman–Crippen LogP) is 2.57. The van der Waals surface area contributed by atoms with Gasteiger partial charge in [-0.15, -0.1) is 0 Å². The average Bonchev–Trinajstić information content (AvgIpc) is 2.42. The van der Waals surface area contributed by atoms with Gasteiger partial charge in [0.25, 0.3) is 0 Å². The standard InChI is InChI=1S/C14H16Cl2N2O/c15-12-2-1-11(7-13(12)16)8-14(19)18-9-10-3-5-17-6-4-10/h1-3,7,17H,4-6,8-9H2,(H,18,19). The molecule has 0 saturated carbocycles. The van der Waals surface area contributed by atoms with Gasteiger partial charge in [0.15, 0.2) is 0 Å². The predicted molar refractivity (Wildman–Crippen MR) is 78.7 cm³/mol. The smallest absolute Gasteiger partial charge is 0.224 e. The lowest BCUT2D eigenvalue weighted by molar-refractivity contribution is -0.120. The van der Waals surface area contributed by atoms with Gasteiger partial charge >= 0.3 is 0 Å². The van der Waals surface area contributed by atoms with E-state index in [9.17, 15) is 4.79 Å². The van der Waals surface area contributed by atoms with Gasteiger partial charge in [0.2, 0.25) is 5.91 Å². The van der Waals surface area contributed by atoms with Crippen molar-refractivity contribution >= 4 is 29.1 Å². The van der Waals surface area contributed by atoms with Crippen molar-refractivity contribution in [1.29, 1.82) is 0 Å². The molecular formula is C14H16Cl2N2O. The highest BCUT2D eigenvalue weighted by Gasteiger charge is 2.07. The molecule has 1 amide bonds. The van der Waals surface area contributed by atoms with E-state index < -0.39 is 0 Å². The zero-order valence-electron chi connectivity index (χ0n) is 10.5. The first kappa shape index (κ1) is 14.4. The average molecular weight is 299 g/mol. The van der Waals surface area contributed by atoms with E-state index in [2.05, 4.69) is 16.7 Å². The van der Waals surface area contributed by atoms with Gasteiger partial charge < -0.3 is 10.6 Å². The van der Waals surface area contributed by atoms with Crippen LogP contribution in [0.5, 0.6) is 0 Å². The molecule has 19 heavy (non-hydrogen) atoms. The minimum atomic E-state index is -0.00202. The molecular weight excluding hydrogens is 283 g/mol. The van der Waals surface area contributed by atoms with E-state index in [1.54, 1.807) is 12.1 Å². The Labute approximate surface area is 123 Å². The Morgan fingerprint density at radius 1 is 1.32 bits per heavy atom. The van der Waals surface area contributed by atoms with Crippen LogP contribution in [0.3, 0.4) is 0 Å². The first-order valence-electron chi connectivity index (χ1n) is 6.24. The number of carbonyl (C=O) groups excluding carboxylic acids is 1. The fourth-order valence-corrected chi connectivity index (χ4v) is 2.26. The molecule has 0 aliphatic carbocycles. The molecule has 1 aliphatic heterocycles. The summed E-state index contributed by atoms with van der Waals surface area (Å²) in [5.74, 6) is -0.00202. The molecule has 2 rings (SSSR count). The largest absolute Gasteiger partial charge is 0.352 e. The second kappa shape index (κ2) is 6.94. The summed E-state index contributed by atoms with van der Waals surface area (Å²) in [6.45, 7) is 2.49. The van der Waals surface area contributed by atoms with Crippen molar-refractivity contribution in [2.75, 3.05) is 19.6 Å². The van der Waals surface area contributed by atoms with Crippen LogP contribution in [0.15, 0.2) is 29.8 Å². The van der Waals surface area contributed by atoms with E-state index >= 15 is 0 Å². The quantitative estimate of drug-likeness (QED) is 0.839. The highest BCUT2D eigenvalue weighted by atomic mass is 35.5. The van der Waals surface area contributed by atoms with Crippen molar-refractivity contribution in [3.8, 4) is 0 Å². The van der Waals surface area contributed by atoms with E-state index in [4.69, 9.17) is 23.2 Å². The Morgan fingerprint density at radius 2 is 2.16 bits per heavy atom. The van der Waals surface area contributed by atoms with Crippen LogP contribution >= 0.6 is 23.2 Å². The number of hydrogen-bond donors (Lipinski definition) is 2. The van der Waals surface area contributed by atoms with Crippen molar-refractivity contribution in [2.24, 2.45) is 0 Å². The molecule has 0 atom stereocenters. The summed E-state index contributed by atoms with van der Waals surface area (Å²) in [5, 5.41) is 7.15. The van der Waals surface area contributed by atoms with E-state index in [1.807, 2.05) is 6.07 Å². The molecule has 1 aliphatic rings. The minimum Gasteiger partial charge on any atom is -0.352 e. The lowest BCUT2D eigenvalue weighted by Crippen LogP contribution is -2.30. The van der Waals surface area contributed by atoms with Crippen LogP contribution in [0.4, 0.5) is 0 Å². The molecule has 0 aromatic heterocycles. The molecule has 0 radical (unpaired) electrons. The Hall–Kier alpha value is -1.03. The van der Waals surface area contributed by atoms with E-state index in [1.165, 1.54) is 5.57 Å². The van der Waals surface area contributed by atoms with Crippen LogP contribution in [0, 0.1) is 0 Å². The van der Waals surface area contributed by atoms with Gasteiger partial charge in [-0.2, -0.15) is 0 Å². The molecule has 0 spiro atoms. The highest BCUT2D eigenvalue weighted by Crippen LogP contribution is 2.22. The zero-order chi connectivity index (χ0) is 13.7. The molecule has 3 nitrogen and oxygen atoms in total. The highest BCUT2D eigenvalue weighted by molar-refractivity contribution is 6.42. The number of halogens is 2. The summed E-state index contributed by atoms with van der Waals surface area (Å²) in [4.78, 5) is 11.8. The molecule has 0 bridgehead atoms. The molecule has 1 aromatic rings. The van der Waals surface area contributed by atoms with Crippen LogP contribution in [-0.4, -0.2) is 25.5 Å². The Bertz CT molecular complexity index is 500. The van der Waals surface area contributed by atoms with Gasteiger partial charge in [0.1, 0.15) is 0 Å². The van der Waals surface area contributed by atoms with Gasteiger partial charge in [-0.25, -0.2) is 0 Å². The van der Waals surface area contributed by atoms with Gasteiger partial charge in [-0.1, -0.05) is 40.9 Å². The summed E-state index contributed by atoms with van der Waals surface area (Å²) in [6, 6.07) is 5.26. The maximum Gasteiger partial charge on any atom is 0.224 e. The normalized spacial score (nSPS) is 14.9. The third kappa shape index (κ3) is 4.53. The molecule has 2 N–H and O–H groups in total. The number of rotatable bonds is 4. The first-order chi connectivity index (χ1) is 9.15. The topological polar surface area (TPSA) is 41.1 Å². The third-order valence-corrected chi connectivity index (χ3v) is 3.76. The molecule has 5 heteroatoms. The monoisotopic (exact) mass is 298 g/mol. The molecule has 102 valence electrons. The second-order valence-electron chi connectivity index (χ2n) is 4.52. The van der Waals surface area contributed by atoms with Crippen LogP contribution in [-0.2, 0) is 11.2 Å². The number of amides is 1. The van der Waals surface area contributed by atoms with Crippen molar-refractivity contribution < 1.29 is 4.79 Å². The summed E-state index contributed by atoms with van der Waals surface area (Å²) in [5.41, 5.74) is 2.15. The lowest BCUT2D eigenvalue weighted by atomic mass is 10.1. The van der Waals surface area contributed by atoms with E-state index in [0.717, 1.165) is 25.1 Å². The molecule has 0 unspecified atom stereocenters. The van der Waals surface area contributed by atoms with Gasteiger partial charge in [0.05, 0.1) is 16.5 Å². The van der Waals surface area contributed by atoms with Crippen LogP contribution < -0.4 is 10.6 Å². The number of hydrogen-bond acceptors (Lipinski definition) is 2. The summed E-state index contributed by atoms with van der Waals surface area (Å²) in [7, 11) is 0. The van der Waals surface area contributed by atoms with E-state index in [0.29, 0.717) is 23.0 Å². The third-order valence-electron chi connectivity index (χ3n) is 3.02. The van der Waals surface area contributed by atoms with E-state index in [-0.39, 0.29) is 5.91 Å². The first-order valence-corrected chi connectivity index (χ1v) is 7.00. The number of nitrogens with one attached hydrogen (secondary N) is 2. The lowest BCUT2D eigenvalue weighted by Gasteiger charge is -2.14. The van der Waals surface area contributed by atoms with Crippen molar-refractivity contribution in [3.05, 3.63) is 45.5 Å². The fraction of sp³-hybridized carbons (Fsp3) is 0.357. The molecule has 0 saturated heterocycles. The van der Waals surface area contributed by atoms with Crippen LogP contribution in [0.25, 0.3) is 0 Å². The maximum atomic E-state index is 11.8. The van der Waals surface area contributed by atoms with Gasteiger partial charge in [-0.3, -0.25) is 4.79 Å². The number of carbonyl (C=O) groups is 1. The van der Waals surface area contributed by atoms with Crippen LogP contribution in [0.1, 0.15) is 12.0 Å². The molecule has 1 aromatic carbocycles. The molecule has 0 fully saturated rings. The van der Waals surface area contributed by atoms with Crippen LogP contribution in [0.2, 0.25) is 10.0 Å². The Morgan fingerprint density at radius 3 is 2.84 bits per heavy atom. The zero-order valence-corrected chi connectivity index (χ0v) is 12.0. The van der Waals surface area contributed by atoms with Gasteiger partial charge in [-0.05, 0) is 30.7 Å².